The molecular formula is C26H32N4O4. The van der Waals surface area contributed by atoms with Crippen molar-refractivity contribution in [2.24, 2.45) is 10.8 Å². The lowest BCUT2D eigenvalue weighted by Crippen LogP contribution is -2.41. The molecule has 2 aromatic rings. The molecule has 0 saturated carbocycles. The van der Waals surface area contributed by atoms with E-state index in [1.807, 2.05) is 11.6 Å². The van der Waals surface area contributed by atoms with E-state index in [4.69, 9.17) is 9.84 Å². The van der Waals surface area contributed by atoms with Crippen LogP contribution in [0.1, 0.15) is 76.8 Å². The summed E-state index contributed by atoms with van der Waals surface area (Å²) in [7, 11) is 0. The highest BCUT2D eigenvalue weighted by Gasteiger charge is 2.40. The second-order valence-electron chi connectivity index (χ2n) is 10.4. The molecule has 8 nitrogen and oxygen atoms in total. The van der Waals surface area contributed by atoms with Crippen LogP contribution in [0.2, 0.25) is 0 Å². The van der Waals surface area contributed by atoms with Crippen molar-refractivity contribution in [3.8, 4) is 6.07 Å². The van der Waals surface area contributed by atoms with Crippen molar-refractivity contribution in [2.75, 3.05) is 19.8 Å². The number of hydrogen-bond donors (Lipinski definition) is 2. The normalized spacial score (nSPS) is 17.5. The molecule has 180 valence electrons. The molecule has 2 N–H and O–H groups in total. The summed E-state index contributed by atoms with van der Waals surface area (Å²) in [6, 6.07) is 6.80. The molecule has 0 atom stereocenters. The first kappa shape index (κ1) is 24.0. The minimum absolute atomic E-state index is 0.0380. The maximum atomic E-state index is 13.1. The van der Waals surface area contributed by atoms with Crippen LogP contribution in [0.5, 0.6) is 0 Å². The largest absolute Gasteiger partial charge is 0.478 e. The van der Waals surface area contributed by atoms with Crippen molar-refractivity contribution in [3.63, 3.8) is 0 Å². The lowest BCUT2D eigenvalue weighted by atomic mass is 9.76. The maximum Gasteiger partial charge on any atom is 0.335 e. The SMILES string of the molecule is CCc1nn(CC(C)(C)Cc2cc(C#N)ccc2C(=O)O)c2c1C(=O)NCC1(CCOCC1)C2. The molecule has 0 bridgehead atoms. The van der Waals surface area contributed by atoms with Crippen molar-refractivity contribution in [1.82, 2.24) is 15.1 Å². The van der Waals surface area contributed by atoms with E-state index in [9.17, 15) is 20.0 Å². The Labute approximate surface area is 199 Å². The van der Waals surface area contributed by atoms with Gasteiger partial charge in [-0.25, -0.2) is 4.79 Å². The first-order valence-electron chi connectivity index (χ1n) is 11.9. The van der Waals surface area contributed by atoms with E-state index < -0.39 is 5.97 Å². The average molecular weight is 465 g/mol. The van der Waals surface area contributed by atoms with Crippen LogP contribution in [0.3, 0.4) is 0 Å². The first-order chi connectivity index (χ1) is 16.2. The predicted molar refractivity (Wildman–Crippen MR) is 126 cm³/mol. The topological polar surface area (TPSA) is 117 Å². The van der Waals surface area contributed by atoms with Crippen molar-refractivity contribution < 1.29 is 19.4 Å². The van der Waals surface area contributed by atoms with E-state index in [-0.39, 0.29) is 22.3 Å². The number of hydrogen-bond acceptors (Lipinski definition) is 5. The second kappa shape index (κ2) is 9.22. The zero-order chi connectivity index (χ0) is 24.5. The molecule has 3 heterocycles. The fourth-order valence-electron chi connectivity index (χ4n) is 5.30. The Bertz CT molecular complexity index is 1150. The third-order valence-electron chi connectivity index (χ3n) is 7.12. The van der Waals surface area contributed by atoms with Gasteiger partial charge in [-0.15, -0.1) is 0 Å². The molecule has 0 unspecified atom stereocenters. The van der Waals surface area contributed by atoms with Crippen LogP contribution >= 0.6 is 0 Å². The number of carboxylic acid groups (broad SMARTS) is 1. The summed E-state index contributed by atoms with van der Waals surface area (Å²) >= 11 is 0. The van der Waals surface area contributed by atoms with Crippen LogP contribution in [0.15, 0.2) is 18.2 Å². The van der Waals surface area contributed by atoms with Gasteiger partial charge < -0.3 is 15.2 Å². The summed E-state index contributed by atoms with van der Waals surface area (Å²) in [5.41, 5.74) is 3.33. The van der Waals surface area contributed by atoms with Crippen LogP contribution in [0, 0.1) is 22.2 Å². The number of aromatic nitrogens is 2. The number of carboxylic acids is 1. The second-order valence-corrected chi connectivity index (χ2v) is 10.4. The van der Waals surface area contributed by atoms with Gasteiger partial charge in [0.15, 0.2) is 0 Å². The minimum atomic E-state index is -1.00. The molecule has 1 amide bonds. The van der Waals surface area contributed by atoms with E-state index in [0.717, 1.165) is 30.7 Å². The van der Waals surface area contributed by atoms with Crippen LogP contribution < -0.4 is 5.32 Å². The molecule has 8 heteroatoms. The smallest absolute Gasteiger partial charge is 0.335 e. The van der Waals surface area contributed by atoms with Gasteiger partial charge in [-0.2, -0.15) is 10.4 Å². The predicted octanol–water partition coefficient (Wildman–Crippen LogP) is 3.37. The van der Waals surface area contributed by atoms with Crippen LogP contribution in [-0.4, -0.2) is 46.5 Å². The molecule has 1 fully saturated rings. The number of nitrogens with one attached hydrogen (secondary N) is 1. The summed E-state index contributed by atoms with van der Waals surface area (Å²) in [4.78, 5) is 24.9. The standard InChI is InChI=1S/C26H32N4O4/c1-4-20-22-21(13-26(15-28-23(22)31)7-9-34-10-8-26)30(29-20)16-25(2,3)12-18-11-17(14-27)5-6-19(18)24(32)33/h5-6,11H,4,7-10,12-13,15-16H2,1-3H3,(H,28,31)(H,32,33). The van der Waals surface area contributed by atoms with E-state index in [1.54, 1.807) is 6.07 Å². The molecular weight excluding hydrogens is 432 g/mol. The van der Waals surface area contributed by atoms with Crippen LogP contribution in [0.4, 0.5) is 0 Å². The van der Waals surface area contributed by atoms with Gasteiger partial charge in [0.25, 0.3) is 5.91 Å². The quantitative estimate of drug-likeness (QED) is 0.677. The monoisotopic (exact) mass is 464 g/mol. The van der Waals surface area contributed by atoms with Gasteiger partial charge in [-0.1, -0.05) is 20.8 Å². The van der Waals surface area contributed by atoms with Gasteiger partial charge in [-0.05, 0) is 66.7 Å². The lowest BCUT2D eigenvalue weighted by Gasteiger charge is -2.36. The number of carbonyl (C=O) groups is 2. The zero-order valence-corrected chi connectivity index (χ0v) is 20.1. The van der Waals surface area contributed by atoms with Crippen molar-refractivity contribution in [3.05, 3.63) is 51.8 Å². The first-order valence-corrected chi connectivity index (χ1v) is 11.9. The van der Waals surface area contributed by atoms with Gasteiger partial charge in [0.1, 0.15) is 0 Å². The average Bonchev–Trinajstić information content (AvgIpc) is 3.06. The number of carbonyl (C=O) groups excluding carboxylic acids is 1. The minimum Gasteiger partial charge on any atom is -0.478 e. The fraction of sp³-hybridized carbons (Fsp3) is 0.538. The summed E-state index contributed by atoms with van der Waals surface area (Å²) in [6.45, 7) is 8.70. The molecule has 4 rings (SSSR count). The zero-order valence-electron chi connectivity index (χ0n) is 20.1. The van der Waals surface area contributed by atoms with Crippen molar-refractivity contribution in [1.29, 1.82) is 5.26 Å². The molecule has 1 spiro atoms. The summed E-state index contributed by atoms with van der Waals surface area (Å²) in [5, 5.41) is 27.0. The third-order valence-corrected chi connectivity index (χ3v) is 7.12. The number of ether oxygens (including phenoxy) is 1. The number of nitrogens with zero attached hydrogens (tertiary/aromatic N) is 3. The highest BCUT2D eigenvalue weighted by atomic mass is 16.5. The van der Waals surface area contributed by atoms with E-state index in [0.29, 0.717) is 55.8 Å². The number of fused-ring (bicyclic) bond motifs is 1. The fourth-order valence-corrected chi connectivity index (χ4v) is 5.30. The van der Waals surface area contributed by atoms with Gasteiger partial charge in [0, 0.05) is 26.3 Å². The lowest BCUT2D eigenvalue weighted by molar-refractivity contribution is 0.0150. The number of amides is 1. The number of nitriles is 1. The Balaban J connectivity index is 1.69. The number of benzene rings is 1. The number of aromatic carboxylic acids is 1. The molecule has 0 aliphatic carbocycles. The van der Waals surface area contributed by atoms with E-state index >= 15 is 0 Å². The highest BCUT2D eigenvalue weighted by Crippen LogP contribution is 2.38. The number of aryl methyl sites for hydroxylation is 1. The van der Waals surface area contributed by atoms with Gasteiger partial charge >= 0.3 is 5.97 Å². The number of rotatable bonds is 6. The van der Waals surface area contributed by atoms with Crippen molar-refractivity contribution >= 4 is 11.9 Å². The van der Waals surface area contributed by atoms with E-state index in [1.165, 1.54) is 12.1 Å². The van der Waals surface area contributed by atoms with Gasteiger partial charge in [-0.3, -0.25) is 9.48 Å². The molecule has 1 saturated heterocycles. The Morgan fingerprint density at radius 1 is 1.35 bits per heavy atom. The molecule has 1 aromatic heterocycles. The molecule has 1 aromatic carbocycles. The van der Waals surface area contributed by atoms with Crippen molar-refractivity contribution in [2.45, 2.75) is 59.4 Å². The van der Waals surface area contributed by atoms with E-state index in [2.05, 4.69) is 25.2 Å². The van der Waals surface area contributed by atoms with Crippen LogP contribution in [0.25, 0.3) is 0 Å². The molecule has 2 aliphatic heterocycles. The van der Waals surface area contributed by atoms with Crippen LogP contribution in [-0.2, 0) is 30.5 Å². The van der Waals surface area contributed by atoms with Gasteiger partial charge in [0.05, 0.1) is 34.1 Å². The maximum absolute atomic E-state index is 13.1. The Kier molecular flexibility index (Phi) is 6.50. The summed E-state index contributed by atoms with van der Waals surface area (Å²) < 4.78 is 7.58. The Hall–Kier alpha value is -3.18. The summed E-state index contributed by atoms with van der Waals surface area (Å²) in [5.74, 6) is -1.07. The molecule has 2 aliphatic rings. The molecule has 34 heavy (non-hydrogen) atoms. The summed E-state index contributed by atoms with van der Waals surface area (Å²) in [6.07, 6.45) is 3.67. The third kappa shape index (κ3) is 4.71. The van der Waals surface area contributed by atoms with Gasteiger partial charge in [0.2, 0.25) is 0 Å². The molecule has 0 radical (unpaired) electrons. The Morgan fingerprint density at radius 3 is 2.74 bits per heavy atom. The highest BCUT2D eigenvalue weighted by molar-refractivity contribution is 5.97. The Morgan fingerprint density at radius 2 is 2.09 bits per heavy atom.